The minimum absolute atomic E-state index is 0.690. The molecule has 1 aliphatic rings. The standard InChI is InChI=1S/C14H15NO/c15-9-12-8-13(12)10-3-5-11(6-4-10)14-2-1-7-16-14/h1-7,12-13H,8-9,15H2. The zero-order valence-corrected chi connectivity index (χ0v) is 9.10. The van der Waals surface area contributed by atoms with E-state index >= 15 is 0 Å². The molecule has 0 saturated heterocycles. The summed E-state index contributed by atoms with van der Waals surface area (Å²) in [6.45, 7) is 0.810. The van der Waals surface area contributed by atoms with Crippen molar-refractivity contribution in [1.82, 2.24) is 0 Å². The highest BCUT2D eigenvalue weighted by Gasteiger charge is 2.36. The van der Waals surface area contributed by atoms with E-state index in [0.717, 1.165) is 17.9 Å². The second kappa shape index (κ2) is 3.80. The summed E-state index contributed by atoms with van der Waals surface area (Å²) in [5.74, 6) is 2.32. The minimum Gasteiger partial charge on any atom is -0.464 e. The first-order valence-electron chi connectivity index (χ1n) is 5.72. The minimum atomic E-state index is 0.690. The van der Waals surface area contributed by atoms with E-state index in [4.69, 9.17) is 10.2 Å². The van der Waals surface area contributed by atoms with Crippen LogP contribution in [0.4, 0.5) is 0 Å². The largest absolute Gasteiger partial charge is 0.464 e. The fraction of sp³-hybridized carbons (Fsp3) is 0.286. The van der Waals surface area contributed by atoms with E-state index in [1.54, 1.807) is 6.26 Å². The molecule has 1 fully saturated rings. The van der Waals surface area contributed by atoms with Gasteiger partial charge in [0.15, 0.2) is 0 Å². The molecule has 2 nitrogen and oxygen atoms in total. The van der Waals surface area contributed by atoms with E-state index in [-0.39, 0.29) is 0 Å². The Bertz CT molecular complexity index is 458. The topological polar surface area (TPSA) is 39.2 Å². The van der Waals surface area contributed by atoms with Gasteiger partial charge in [-0.3, -0.25) is 0 Å². The van der Waals surface area contributed by atoms with Gasteiger partial charge in [-0.05, 0) is 42.5 Å². The Morgan fingerprint density at radius 2 is 2.00 bits per heavy atom. The average Bonchev–Trinajstić information content (AvgIpc) is 2.93. The van der Waals surface area contributed by atoms with Crippen molar-refractivity contribution in [2.75, 3.05) is 6.54 Å². The molecular formula is C14H15NO. The number of hydrogen-bond acceptors (Lipinski definition) is 2. The van der Waals surface area contributed by atoms with Crippen molar-refractivity contribution in [3.63, 3.8) is 0 Å². The molecule has 0 bridgehead atoms. The maximum Gasteiger partial charge on any atom is 0.133 e. The summed E-state index contributed by atoms with van der Waals surface area (Å²) in [5, 5.41) is 0. The summed E-state index contributed by atoms with van der Waals surface area (Å²) in [7, 11) is 0. The molecule has 3 rings (SSSR count). The lowest BCUT2D eigenvalue weighted by molar-refractivity contribution is 0.582. The Kier molecular flexibility index (Phi) is 2.29. The van der Waals surface area contributed by atoms with Gasteiger partial charge in [0.25, 0.3) is 0 Å². The molecule has 2 unspecified atom stereocenters. The van der Waals surface area contributed by atoms with Crippen LogP contribution >= 0.6 is 0 Å². The summed E-state index contributed by atoms with van der Waals surface area (Å²) >= 11 is 0. The highest BCUT2D eigenvalue weighted by molar-refractivity contribution is 5.57. The first kappa shape index (κ1) is 9.67. The third kappa shape index (κ3) is 1.65. The first-order valence-corrected chi connectivity index (χ1v) is 5.72. The number of benzene rings is 1. The molecular weight excluding hydrogens is 198 g/mol. The lowest BCUT2D eigenvalue weighted by Gasteiger charge is -2.01. The predicted molar refractivity (Wildman–Crippen MR) is 64.0 cm³/mol. The van der Waals surface area contributed by atoms with Crippen molar-refractivity contribution >= 4 is 0 Å². The third-order valence-electron chi connectivity index (χ3n) is 3.37. The van der Waals surface area contributed by atoms with Gasteiger partial charge in [-0.2, -0.15) is 0 Å². The van der Waals surface area contributed by atoms with Gasteiger partial charge < -0.3 is 10.2 Å². The summed E-state index contributed by atoms with van der Waals surface area (Å²) < 4.78 is 5.36. The summed E-state index contributed by atoms with van der Waals surface area (Å²) in [6.07, 6.45) is 2.95. The molecule has 2 N–H and O–H groups in total. The molecule has 0 spiro atoms. The molecule has 1 heterocycles. The molecule has 1 aromatic heterocycles. The zero-order valence-electron chi connectivity index (χ0n) is 9.10. The second-order valence-corrected chi connectivity index (χ2v) is 4.44. The van der Waals surface area contributed by atoms with Crippen LogP contribution in [-0.2, 0) is 0 Å². The van der Waals surface area contributed by atoms with Crippen LogP contribution in [-0.4, -0.2) is 6.54 Å². The van der Waals surface area contributed by atoms with Gasteiger partial charge in [-0.25, -0.2) is 0 Å². The van der Waals surface area contributed by atoms with Crippen LogP contribution in [0, 0.1) is 5.92 Å². The van der Waals surface area contributed by atoms with Crippen molar-refractivity contribution < 1.29 is 4.42 Å². The SMILES string of the molecule is NCC1CC1c1ccc(-c2ccco2)cc1. The zero-order chi connectivity index (χ0) is 11.0. The quantitative estimate of drug-likeness (QED) is 0.851. The maximum absolute atomic E-state index is 5.65. The van der Waals surface area contributed by atoms with Gasteiger partial charge in [0.05, 0.1) is 6.26 Å². The summed E-state index contributed by atoms with van der Waals surface area (Å²) in [5.41, 5.74) is 8.20. The summed E-state index contributed by atoms with van der Waals surface area (Å²) in [6, 6.07) is 12.5. The molecule has 82 valence electrons. The van der Waals surface area contributed by atoms with Gasteiger partial charge >= 0.3 is 0 Å². The van der Waals surface area contributed by atoms with Crippen molar-refractivity contribution in [1.29, 1.82) is 0 Å². The number of hydrogen-bond donors (Lipinski definition) is 1. The molecule has 2 aromatic rings. The third-order valence-corrected chi connectivity index (χ3v) is 3.37. The average molecular weight is 213 g/mol. The highest BCUT2D eigenvalue weighted by atomic mass is 16.3. The van der Waals surface area contributed by atoms with Crippen LogP contribution in [0.25, 0.3) is 11.3 Å². The van der Waals surface area contributed by atoms with E-state index in [2.05, 4.69) is 24.3 Å². The fourth-order valence-corrected chi connectivity index (χ4v) is 2.25. The molecule has 0 aliphatic heterocycles. The Morgan fingerprint density at radius 3 is 2.56 bits per heavy atom. The van der Waals surface area contributed by atoms with Crippen LogP contribution in [0.1, 0.15) is 17.9 Å². The van der Waals surface area contributed by atoms with E-state index in [1.807, 2.05) is 12.1 Å². The van der Waals surface area contributed by atoms with E-state index in [1.165, 1.54) is 12.0 Å². The van der Waals surface area contributed by atoms with Gasteiger partial charge in [0.1, 0.15) is 5.76 Å². The lowest BCUT2D eigenvalue weighted by atomic mass is 10.1. The van der Waals surface area contributed by atoms with Gasteiger partial charge in [-0.1, -0.05) is 24.3 Å². The highest BCUT2D eigenvalue weighted by Crippen LogP contribution is 2.46. The van der Waals surface area contributed by atoms with E-state index < -0.39 is 0 Å². The molecule has 16 heavy (non-hydrogen) atoms. The molecule has 1 aromatic carbocycles. The molecule has 2 atom stereocenters. The van der Waals surface area contributed by atoms with Crippen molar-refractivity contribution in [2.24, 2.45) is 11.7 Å². The maximum atomic E-state index is 5.65. The van der Waals surface area contributed by atoms with Gasteiger partial charge in [-0.15, -0.1) is 0 Å². The van der Waals surface area contributed by atoms with E-state index in [9.17, 15) is 0 Å². The van der Waals surface area contributed by atoms with Crippen LogP contribution in [0.5, 0.6) is 0 Å². The monoisotopic (exact) mass is 213 g/mol. The summed E-state index contributed by atoms with van der Waals surface area (Å²) in [4.78, 5) is 0. The molecule has 1 aliphatic carbocycles. The van der Waals surface area contributed by atoms with Gasteiger partial charge in [0.2, 0.25) is 0 Å². The van der Waals surface area contributed by atoms with Crippen LogP contribution in [0.2, 0.25) is 0 Å². The second-order valence-electron chi connectivity index (χ2n) is 4.44. The molecule has 0 amide bonds. The predicted octanol–water partition coefficient (Wildman–Crippen LogP) is 3.01. The van der Waals surface area contributed by atoms with Crippen molar-refractivity contribution in [2.45, 2.75) is 12.3 Å². The van der Waals surface area contributed by atoms with E-state index in [0.29, 0.717) is 11.8 Å². The molecule has 1 saturated carbocycles. The lowest BCUT2D eigenvalue weighted by Crippen LogP contribution is -2.01. The van der Waals surface area contributed by atoms with Crippen molar-refractivity contribution in [3.8, 4) is 11.3 Å². The van der Waals surface area contributed by atoms with Gasteiger partial charge in [0, 0.05) is 5.56 Å². The number of furan rings is 1. The number of rotatable bonds is 3. The Balaban J connectivity index is 1.81. The molecule has 0 radical (unpaired) electrons. The molecule has 2 heteroatoms. The normalized spacial score (nSPS) is 23.3. The Morgan fingerprint density at radius 1 is 1.19 bits per heavy atom. The smallest absolute Gasteiger partial charge is 0.133 e. The fourth-order valence-electron chi connectivity index (χ4n) is 2.25. The van der Waals surface area contributed by atoms with Crippen LogP contribution < -0.4 is 5.73 Å². The van der Waals surface area contributed by atoms with Crippen LogP contribution in [0.3, 0.4) is 0 Å². The Hall–Kier alpha value is -1.54. The van der Waals surface area contributed by atoms with Crippen molar-refractivity contribution in [3.05, 3.63) is 48.2 Å². The van der Waals surface area contributed by atoms with Crippen LogP contribution in [0.15, 0.2) is 47.1 Å². The Labute approximate surface area is 95.1 Å². The number of nitrogens with two attached hydrogens (primary N) is 1. The first-order chi connectivity index (χ1) is 7.88.